The fraction of sp³-hybridized carbons (Fsp3) is 0.436. The minimum absolute atomic E-state index is 0.100. The van der Waals surface area contributed by atoms with Crippen LogP contribution >= 0.6 is 0 Å². The van der Waals surface area contributed by atoms with Crippen LogP contribution in [0.25, 0.3) is 0 Å². The molecule has 1 heteroatoms. The molecule has 0 radical (unpaired) electrons. The SMILES string of the molecule is Cc1ccc2c(c1)C1C(C3C=CC=CC3C1C(c1ccccc1)(c1ccccc1)C1(C)CCCCCCC1)N2C. The molecule has 1 heterocycles. The molecule has 0 N–H and O–H groups in total. The summed E-state index contributed by atoms with van der Waals surface area (Å²) in [6, 6.07) is 31.3. The van der Waals surface area contributed by atoms with Gasteiger partial charge in [-0.15, -0.1) is 0 Å². The molecule has 3 aliphatic carbocycles. The zero-order valence-corrected chi connectivity index (χ0v) is 24.6. The minimum atomic E-state index is -0.100. The largest absolute Gasteiger partial charge is 0.370 e. The predicted molar refractivity (Wildman–Crippen MR) is 169 cm³/mol. The maximum atomic E-state index is 2.69. The van der Waals surface area contributed by atoms with E-state index < -0.39 is 0 Å². The van der Waals surface area contributed by atoms with Gasteiger partial charge in [-0.3, -0.25) is 0 Å². The Morgan fingerprint density at radius 3 is 1.93 bits per heavy atom. The molecule has 2 saturated carbocycles. The second-order valence-electron chi connectivity index (χ2n) is 13.5. The molecule has 0 bridgehead atoms. The first kappa shape index (κ1) is 25.9. The Kier molecular flexibility index (Phi) is 6.53. The van der Waals surface area contributed by atoms with Crippen molar-refractivity contribution in [3.8, 4) is 0 Å². The van der Waals surface area contributed by atoms with E-state index in [-0.39, 0.29) is 10.8 Å². The second-order valence-corrected chi connectivity index (χ2v) is 13.5. The maximum absolute atomic E-state index is 2.69. The van der Waals surface area contributed by atoms with Crippen molar-refractivity contribution in [1.29, 1.82) is 0 Å². The topological polar surface area (TPSA) is 3.24 Å². The van der Waals surface area contributed by atoms with Gasteiger partial charge in [0, 0.05) is 36.0 Å². The second kappa shape index (κ2) is 10.1. The van der Waals surface area contributed by atoms with Gasteiger partial charge in [0.1, 0.15) is 0 Å². The monoisotopic (exact) mass is 527 g/mol. The lowest BCUT2D eigenvalue weighted by molar-refractivity contribution is 0.0538. The first-order chi connectivity index (χ1) is 19.6. The van der Waals surface area contributed by atoms with E-state index in [4.69, 9.17) is 0 Å². The summed E-state index contributed by atoms with van der Waals surface area (Å²) in [5, 5.41) is 0. The van der Waals surface area contributed by atoms with Crippen LogP contribution in [0.3, 0.4) is 0 Å². The number of rotatable bonds is 4. The van der Waals surface area contributed by atoms with E-state index >= 15 is 0 Å². The Morgan fingerprint density at radius 2 is 1.30 bits per heavy atom. The van der Waals surface area contributed by atoms with E-state index in [9.17, 15) is 0 Å². The Labute approximate surface area is 242 Å². The van der Waals surface area contributed by atoms with E-state index in [0.717, 1.165) is 0 Å². The molecule has 0 aromatic heterocycles. The van der Waals surface area contributed by atoms with Gasteiger partial charge in [-0.05, 0) is 59.8 Å². The standard InChI is InChI=1S/C39H45N/c1-28-23-24-34-33(27-28)35-36(31-21-13-14-22-32(31)37(35)40(34)3)39(29-17-9-7-10-18-29,30-19-11-8-12-20-30)38(2)25-15-5-4-6-16-26-38/h7-14,17-24,27,31-32,35-37H,4-6,15-16,25-26H2,1-3H3. The molecule has 0 amide bonds. The van der Waals surface area contributed by atoms with Crippen molar-refractivity contribution >= 4 is 5.69 Å². The zero-order valence-electron chi connectivity index (χ0n) is 24.6. The van der Waals surface area contributed by atoms with Gasteiger partial charge in [0.05, 0.1) is 0 Å². The van der Waals surface area contributed by atoms with Crippen molar-refractivity contribution in [2.45, 2.75) is 76.2 Å². The predicted octanol–water partition coefficient (Wildman–Crippen LogP) is 9.62. The molecule has 4 aliphatic rings. The molecule has 7 rings (SSSR count). The highest BCUT2D eigenvalue weighted by Crippen LogP contribution is 2.69. The van der Waals surface area contributed by atoms with Crippen LogP contribution in [0.2, 0.25) is 0 Å². The van der Waals surface area contributed by atoms with Crippen LogP contribution in [0.1, 0.15) is 80.0 Å². The normalized spacial score (nSPS) is 28.9. The molecule has 1 nitrogen and oxygen atoms in total. The van der Waals surface area contributed by atoms with Crippen molar-refractivity contribution in [3.63, 3.8) is 0 Å². The Morgan fingerprint density at radius 1 is 0.725 bits per heavy atom. The lowest BCUT2D eigenvalue weighted by atomic mass is 9.46. The summed E-state index contributed by atoms with van der Waals surface area (Å²) >= 11 is 0. The maximum Gasteiger partial charge on any atom is 0.0427 e. The summed E-state index contributed by atoms with van der Waals surface area (Å²) < 4.78 is 0. The number of benzene rings is 3. The third-order valence-electron chi connectivity index (χ3n) is 11.5. The number of allylic oxidation sites excluding steroid dienone is 3. The van der Waals surface area contributed by atoms with Gasteiger partial charge in [0.2, 0.25) is 0 Å². The van der Waals surface area contributed by atoms with Crippen LogP contribution in [0, 0.1) is 30.1 Å². The van der Waals surface area contributed by atoms with E-state index in [1.807, 2.05) is 0 Å². The lowest BCUT2D eigenvalue weighted by Gasteiger charge is -2.57. The summed E-state index contributed by atoms with van der Waals surface area (Å²) in [5.74, 6) is 1.95. The minimum Gasteiger partial charge on any atom is -0.370 e. The summed E-state index contributed by atoms with van der Waals surface area (Å²) in [4.78, 5) is 2.65. The number of likely N-dealkylation sites (N-methyl/N-ethyl adjacent to an activating group) is 1. The summed E-state index contributed by atoms with van der Waals surface area (Å²) in [6.45, 7) is 4.97. The number of aryl methyl sites for hydroxylation is 1. The smallest absolute Gasteiger partial charge is 0.0427 e. The number of hydrogen-bond acceptors (Lipinski definition) is 1. The fourth-order valence-electron chi connectivity index (χ4n) is 10.0. The summed E-state index contributed by atoms with van der Waals surface area (Å²) in [5.41, 5.74) is 7.52. The molecule has 206 valence electrons. The van der Waals surface area contributed by atoms with Crippen LogP contribution < -0.4 is 4.90 Å². The van der Waals surface area contributed by atoms with Gasteiger partial charge in [0.25, 0.3) is 0 Å². The van der Waals surface area contributed by atoms with Crippen LogP contribution in [0.4, 0.5) is 5.69 Å². The van der Waals surface area contributed by atoms with Gasteiger partial charge >= 0.3 is 0 Å². The van der Waals surface area contributed by atoms with Crippen molar-refractivity contribution in [2.24, 2.45) is 23.2 Å². The van der Waals surface area contributed by atoms with Crippen molar-refractivity contribution in [1.82, 2.24) is 0 Å². The Bertz CT molecular complexity index is 1350. The van der Waals surface area contributed by atoms with E-state index in [1.165, 1.54) is 67.3 Å². The fourth-order valence-corrected chi connectivity index (χ4v) is 10.0. The highest BCUT2D eigenvalue weighted by atomic mass is 15.2. The van der Waals surface area contributed by atoms with E-state index in [1.54, 1.807) is 5.56 Å². The molecule has 3 aromatic carbocycles. The summed E-state index contributed by atoms with van der Waals surface area (Å²) in [6.07, 6.45) is 19.2. The van der Waals surface area contributed by atoms with E-state index in [0.29, 0.717) is 29.7 Å². The van der Waals surface area contributed by atoms with Crippen molar-refractivity contribution in [3.05, 3.63) is 125 Å². The van der Waals surface area contributed by atoms with E-state index in [2.05, 4.69) is 129 Å². The molecule has 1 aliphatic heterocycles. The zero-order chi connectivity index (χ0) is 27.3. The molecule has 2 fully saturated rings. The average molecular weight is 528 g/mol. The molecular weight excluding hydrogens is 482 g/mol. The quantitative estimate of drug-likeness (QED) is 0.326. The van der Waals surface area contributed by atoms with Crippen LogP contribution in [0.15, 0.2) is 103 Å². The third-order valence-corrected chi connectivity index (χ3v) is 11.5. The van der Waals surface area contributed by atoms with Crippen LogP contribution in [-0.4, -0.2) is 13.1 Å². The molecular formula is C39H45N. The van der Waals surface area contributed by atoms with Gasteiger partial charge in [0.15, 0.2) is 0 Å². The highest BCUT2D eigenvalue weighted by Gasteiger charge is 2.66. The van der Waals surface area contributed by atoms with Gasteiger partial charge in [-0.2, -0.15) is 0 Å². The Hall–Kier alpha value is -3.06. The summed E-state index contributed by atoms with van der Waals surface area (Å²) in [7, 11) is 2.37. The van der Waals surface area contributed by atoms with Gasteiger partial charge < -0.3 is 4.90 Å². The first-order valence-corrected chi connectivity index (χ1v) is 15.9. The number of hydrogen-bond donors (Lipinski definition) is 0. The average Bonchev–Trinajstić information content (AvgIpc) is 3.45. The molecule has 40 heavy (non-hydrogen) atoms. The lowest BCUT2D eigenvalue weighted by Crippen LogP contribution is -2.53. The van der Waals surface area contributed by atoms with Crippen molar-refractivity contribution < 1.29 is 0 Å². The van der Waals surface area contributed by atoms with Gasteiger partial charge in [-0.25, -0.2) is 0 Å². The molecule has 0 saturated heterocycles. The first-order valence-electron chi connectivity index (χ1n) is 15.9. The molecule has 0 spiro atoms. The number of fused-ring (bicyclic) bond motifs is 5. The highest BCUT2D eigenvalue weighted by molar-refractivity contribution is 5.66. The molecule has 5 unspecified atom stereocenters. The number of nitrogens with zero attached hydrogens (tertiary/aromatic N) is 1. The van der Waals surface area contributed by atoms with Crippen molar-refractivity contribution in [2.75, 3.05) is 11.9 Å². The molecule has 3 aromatic rings. The number of anilines is 1. The van der Waals surface area contributed by atoms with Crippen LogP contribution in [-0.2, 0) is 5.41 Å². The molecule has 5 atom stereocenters. The third kappa shape index (κ3) is 3.73. The van der Waals surface area contributed by atoms with Crippen LogP contribution in [0.5, 0.6) is 0 Å². The van der Waals surface area contributed by atoms with Gasteiger partial charge in [-0.1, -0.05) is 142 Å². The Balaban J connectivity index is 1.57.